The minimum absolute atomic E-state index is 0.612. The average molecular weight is 439 g/mol. The smallest absolute Gasteiger partial charge is 0.122 e. The molecule has 0 aliphatic heterocycles. The van der Waals surface area contributed by atoms with E-state index in [9.17, 15) is 8.42 Å². The second-order valence-corrected chi connectivity index (χ2v) is 9.11. The third kappa shape index (κ3) is 4.67. The predicted molar refractivity (Wildman–Crippen MR) is 124 cm³/mol. The fraction of sp³-hybridized carbons (Fsp3) is 0.136. The third-order valence-electron chi connectivity index (χ3n) is 4.81. The summed E-state index contributed by atoms with van der Waals surface area (Å²) in [5.41, 5.74) is 5.66. The zero-order chi connectivity index (χ0) is 21.1. The second-order valence-electron chi connectivity index (χ2n) is 6.96. The molecule has 6 nitrogen and oxygen atoms in total. The highest BCUT2D eigenvalue weighted by Gasteiger charge is 2.10. The second kappa shape index (κ2) is 8.91. The number of fused-ring (bicyclic) bond motifs is 1. The summed E-state index contributed by atoms with van der Waals surface area (Å²) in [6.07, 6.45) is 3.23. The highest BCUT2D eigenvalue weighted by atomic mass is 32.2. The Bertz CT molecular complexity index is 1240. The first kappa shape index (κ1) is 20.5. The number of H-pyrrole nitrogens is 1. The maximum Gasteiger partial charge on any atom is 0.122 e. The summed E-state index contributed by atoms with van der Waals surface area (Å²) in [6.45, 7) is 0. The molecule has 0 radical (unpaired) electrons. The molecule has 0 amide bonds. The van der Waals surface area contributed by atoms with Gasteiger partial charge in [-0.1, -0.05) is 36.4 Å². The number of hydrogen-bond donors (Lipinski definition) is 3. The van der Waals surface area contributed by atoms with E-state index in [1.165, 1.54) is 5.56 Å². The van der Waals surface area contributed by atoms with Gasteiger partial charge < -0.3 is 9.71 Å². The summed E-state index contributed by atoms with van der Waals surface area (Å²) in [5, 5.41) is 5.63. The maximum absolute atomic E-state index is 11.9. The van der Waals surface area contributed by atoms with Gasteiger partial charge >= 0.3 is 0 Å². The van der Waals surface area contributed by atoms with E-state index in [0.717, 1.165) is 46.5 Å². The molecule has 2 unspecified atom stereocenters. The number of nitrogens with zero attached hydrogens (tertiary/aromatic N) is 1. The largest absolute Gasteiger partial charge is 0.342 e. The van der Waals surface area contributed by atoms with Gasteiger partial charge in [-0.25, -0.2) is 18.5 Å². The standard InChI is InChI=1S/C22H22N4O2S2/c1-29(27)26-17-10-6-15(7-11-17)8-13-22-24-19-12-9-16(14-20(19)25-22)18-4-2-3-5-21(18)30(23)28/h2-7,9-12,14,26H,8,13,23H2,1H3,(H,24,25). The number of benzene rings is 3. The van der Waals surface area contributed by atoms with Gasteiger partial charge in [-0.05, 0) is 53.4 Å². The molecule has 1 aromatic heterocycles. The summed E-state index contributed by atoms with van der Waals surface area (Å²) >= 11 is 0. The number of nitrogens with one attached hydrogen (secondary N) is 2. The van der Waals surface area contributed by atoms with Crippen LogP contribution in [0.4, 0.5) is 5.69 Å². The van der Waals surface area contributed by atoms with E-state index in [1.807, 2.05) is 60.7 Å². The lowest BCUT2D eigenvalue weighted by molar-refractivity contribution is 0.684. The van der Waals surface area contributed by atoms with Gasteiger partial charge in [0, 0.05) is 18.4 Å². The fourth-order valence-corrected chi connectivity index (χ4v) is 4.48. The monoisotopic (exact) mass is 438 g/mol. The summed E-state index contributed by atoms with van der Waals surface area (Å²) < 4.78 is 26.0. The number of aromatic amines is 1. The van der Waals surface area contributed by atoms with Gasteiger partial charge in [-0.2, -0.15) is 0 Å². The van der Waals surface area contributed by atoms with Crippen LogP contribution in [0.15, 0.2) is 71.6 Å². The maximum atomic E-state index is 11.9. The third-order valence-corrected chi connectivity index (χ3v) is 6.12. The van der Waals surface area contributed by atoms with Crippen LogP contribution in [0.1, 0.15) is 11.4 Å². The molecule has 0 bridgehead atoms. The molecule has 3 aromatic carbocycles. The van der Waals surface area contributed by atoms with E-state index < -0.39 is 22.0 Å². The Morgan fingerprint density at radius 2 is 1.77 bits per heavy atom. The number of anilines is 1. The SMILES string of the molecule is CS(=O)Nc1ccc(CCc2nc3ccc(-c4ccccc4S(N)=O)cc3[nH]2)cc1. The van der Waals surface area contributed by atoms with Crippen LogP contribution >= 0.6 is 0 Å². The van der Waals surface area contributed by atoms with Crippen LogP contribution in [0, 0.1) is 0 Å². The van der Waals surface area contributed by atoms with E-state index in [1.54, 1.807) is 12.3 Å². The molecular weight excluding hydrogens is 416 g/mol. The molecule has 0 spiro atoms. The summed E-state index contributed by atoms with van der Waals surface area (Å²) in [7, 11) is -2.62. The Morgan fingerprint density at radius 3 is 2.50 bits per heavy atom. The van der Waals surface area contributed by atoms with Crippen molar-refractivity contribution in [2.75, 3.05) is 11.0 Å². The Labute approximate surface area is 180 Å². The van der Waals surface area contributed by atoms with Crippen molar-refractivity contribution < 1.29 is 8.42 Å². The van der Waals surface area contributed by atoms with Gasteiger partial charge in [0.15, 0.2) is 0 Å². The molecule has 4 N–H and O–H groups in total. The molecule has 154 valence electrons. The van der Waals surface area contributed by atoms with E-state index in [0.29, 0.717) is 4.90 Å². The summed E-state index contributed by atoms with van der Waals surface area (Å²) in [6, 6.07) is 21.3. The first-order valence-electron chi connectivity index (χ1n) is 9.43. The van der Waals surface area contributed by atoms with Gasteiger partial charge in [0.1, 0.15) is 27.8 Å². The van der Waals surface area contributed by atoms with Crippen molar-refractivity contribution in [2.45, 2.75) is 17.7 Å². The Morgan fingerprint density at radius 1 is 1.00 bits per heavy atom. The van der Waals surface area contributed by atoms with Crippen LogP contribution in [0.25, 0.3) is 22.2 Å². The summed E-state index contributed by atoms with van der Waals surface area (Å²) in [5.74, 6) is 0.912. The number of rotatable bonds is 7. The van der Waals surface area contributed by atoms with Crippen molar-refractivity contribution in [3.63, 3.8) is 0 Å². The highest BCUT2D eigenvalue weighted by molar-refractivity contribution is 7.85. The van der Waals surface area contributed by atoms with Gasteiger partial charge in [-0.15, -0.1) is 0 Å². The van der Waals surface area contributed by atoms with Crippen molar-refractivity contribution in [2.24, 2.45) is 5.14 Å². The van der Waals surface area contributed by atoms with Crippen molar-refractivity contribution in [3.8, 4) is 11.1 Å². The van der Waals surface area contributed by atoms with Crippen molar-refractivity contribution in [1.82, 2.24) is 9.97 Å². The molecule has 1 heterocycles. The normalized spacial score (nSPS) is 13.3. The molecule has 2 atom stereocenters. The van der Waals surface area contributed by atoms with Gasteiger partial charge in [0.2, 0.25) is 0 Å². The van der Waals surface area contributed by atoms with Crippen molar-refractivity contribution in [3.05, 3.63) is 78.1 Å². The number of aryl methyl sites for hydroxylation is 2. The van der Waals surface area contributed by atoms with Crippen LogP contribution < -0.4 is 9.86 Å². The highest BCUT2D eigenvalue weighted by Crippen LogP contribution is 2.28. The summed E-state index contributed by atoms with van der Waals surface area (Å²) in [4.78, 5) is 8.69. The fourth-order valence-electron chi connectivity index (χ4n) is 3.40. The number of aromatic nitrogens is 2. The quantitative estimate of drug-likeness (QED) is 0.410. The topological polar surface area (TPSA) is 101 Å². The number of hydrogen-bond acceptors (Lipinski definition) is 3. The minimum atomic E-state index is -1.55. The molecule has 0 aliphatic carbocycles. The molecule has 8 heteroatoms. The molecule has 4 aromatic rings. The first-order chi connectivity index (χ1) is 14.5. The Kier molecular flexibility index (Phi) is 6.08. The van der Waals surface area contributed by atoms with Gasteiger partial charge in [0.05, 0.1) is 15.9 Å². The van der Waals surface area contributed by atoms with E-state index >= 15 is 0 Å². The van der Waals surface area contributed by atoms with Gasteiger partial charge in [-0.3, -0.25) is 0 Å². The Hall–Kier alpha value is -2.81. The van der Waals surface area contributed by atoms with E-state index in [4.69, 9.17) is 5.14 Å². The lowest BCUT2D eigenvalue weighted by Gasteiger charge is -2.06. The lowest BCUT2D eigenvalue weighted by atomic mass is 10.1. The van der Waals surface area contributed by atoms with Crippen LogP contribution in [-0.4, -0.2) is 24.6 Å². The molecule has 30 heavy (non-hydrogen) atoms. The lowest BCUT2D eigenvalue weighted by Crippen LogP contribution is -2.04. The van der Waals surface area contributed by atoms with Crippen LogP contribution in [-0.2, 0) is 34.8 Å². The average Bonchev–Trinajstić information content (AvgIpc) is 3.15. The van der Waals surface area contributed by atoms with Crippen LogP contribution in [0.3, 0.4) is 0 Å². The molecule has 0 aliphatic rings. The molecular formula is C22H22N4O2S2. The van der Waals surface area contributed by atoms with E-state index in [2.05, 4.69) is 14.7 Å². The zero-order valence-electron chi connectivity index (χ0n) is 16.4. The zero-order valence-corrected chi connectivity index (χ0v) is 18.1. The molecule has 0 saturated heterocycles. The van der Waals surface area contributed by atoms with Crippen LogP contribution in [0.2, 0.25) is 0 Å². The number of nitrogens with two attached hydrogens (primary N) is 1. The first-order valence-corrected chi connectivity index (χ1v) is 12.2. The van der Waals surface area contributed by atoms with E-state index in [-0.39, 0.29) is 0 Å². The number of imidazole rings is 1. The van der Waals surface area contributed by atoms with Crippen molar-refractivity contribution >= 4 is 38.7 Å². The van der Waals surface area contributed by atoms with Crippen LogP contribution in [0.5, 0.6) is 0 Å². The minimum Gasteiger partial charge on any atom is -0.342 e. The molecule has 0 fully saturated rings. The predicted octanol–water partition coefficient (Wildman–Crippen LogP) is 3.70. The Balaban J connectivity index is 1.52. The molecule has 0 saturated carbocycles. The van der Waals surface area contributed by atoms with Gasteiger partial charge in [0.25, 0.3) is 0 Å². The van der Waals surface area contributed by atoms with Crippen molar-refractivity contribution in [1.29, 1.82) is 0 Å². The molecule has 4 rings (SSSR count).